The number of Topliss-reactive ketones (excluding diaryl/α,β-unsaturated/α-hetero) is 1. The first-order valence-electron chi connectivity index (χ1n) is 18.3. The Labute approximate surface area is 291 Å². The highest BCUT2D eigenvalue weighted by Gasteiger charge is 2.61. The Balaban J connectivity index is 1.05. The summed E-state index contributed by atoms with van der Waals surface area (Å²) in [5.74, 6) is 0.727. The maximum Gasteiger partial charge on any atom is 0.408 e. The van der Waals surface area contributed by atoms with Crippen molar-refractivity contribution >= 4 is 29.7 Å². The first kappa shape index (κ1) is 36.8. The minimum Gasteiger partial charge on any atom is -0.457 e. The molecule has 10 heteroatoms. The molecular weight excluding hydrogens is 624 g/mol. The van der Waals surface area contributed by atoms with Gasteiger partial charge >= 0.3 is 18.0 Å². The zero-order chi connectivity index (χ0) is 35.6. The van der Waals surface area contributed by atoms with Crippen molar-refractivity contribution in [3.05, 3.63) is 35.9 Å². The van der Waals surface area contributed by atoms with Crippen LogP contribution in [0.1, 0.15) is 105 Å². The van der Waals surface area contributed by atoms with Crippen LogP contribution in [0.4, 0.5) is 4.79 Å². The van der Waals surface area contributed by atoms with Crippen molar-refractivity contribution in [3.8, 4) is 0 Å². The van der Waals surface area contributed by atoms with Gasteiger partial charge in [0.1, 0.15) is 30.6 Å². The van der Waals surface area contributed by atoms with Crippen LogP contribution in [-0.4, -0.2) is 54.5 Å². The number of rotatable bonds is 11. The van der Waals surface area contributed by atoms with Crippen LogP contribution in [0.15, 0.2) is 30.3 Å². The fourth-order valence-corrected chi connectivity index (χ4v) is 10.4. The van der Waals surface area contributed by atoms with E-state index in [1.54, 1.807) is 20.8 Å². The zero-order valence-corrected chi connectivity index (χ0v) is 30.2. The normalized spacial score (nSPS) is 34.0. The summed E-state index contributed by atoms with van der Waals surface area (Å²) in [6.07, 6.45) is 8.56. The van der Waals surface area contributed by atoms with Gasteiger partial charge in [-0.25, -0.2) is 9.59 Å². The number of hydrogen-bond donors (Lipinski definition) is 2. The Morgan fingerprint density at radius 1 is 0.837 bits per heavy atom. The lowest BCUT2D eigenvalue weighted by Crippen LogP contribution is -2.56. The maximum absolute atomic E-state index is 12.9. The van der Waals surface area contributed by atoms with Gasteiger partial charge in [-0.3, -0.25) is 14.4 Å². The van der Waals surface area contributed by atoms with Crippen LogP contribution in [0, 0.1) is 46.3 Å². The molecule has 1 aromatic rings. The van der Waals surface area contributed by atoms with E-state index >= 15 is 0 Å². The number of nitrogens with one attached hydrogen (secondary N) is 2. The maximum atomic E-state index is 12.9. The van der Waals surface area contributed by atoms with Crippen molar-refractivity contribution in [2.45, 2.75) is 118 Å². The quantitative estimate of drug-likeness (QED) is 0.210. The van der Waals surface area contributed by atoms with Crippen molar-refractivity contribution in [2.24, 2.45) is 46.3 Å². The molecule has 0 spiro atoms. The number of alkyl carbamates (subject to hydrolysis) is 1. The predicted molar refractivity (Wildman–Crippen MR) is 183 cm³/mol. The average molecular weight is 681 g/mol. The molecule has 2 N–H and O–H groups in total. The third-order valence-corrected chi connectivity index (χ3v) is 13.0. The second-order valence-corrected chi connectivity index (χ2v) is 16.4. The third-order valence-electron chi connectivity index (χ3n) is 13.0. The zero-order valence-electron chi connectivity index (χ0n) is 30.2. The summed E-state index contributed by atoms with van der Waals surface area (Å²) in [5, 5.41) is 5.04. The number of benzene rings is 1. The molecule has 0 saturated heterocycles. The second-order valence-electron chi connectivity index (χ2n) is 16.4. The first-order chi connectivity index (χ1) is 23.1. The highest BCUT2D eigenvalue weighted by atomic mass is 16.6. The highest BCUT2D eigenvalue weighted by Crippen LogP contribution is 2.68. The van der Waals surface area contributed by atoms with Crippen LogP contribution in [0.25, 0.3) is 0 Å². The highest BCUT2D eigenvalue weighted by molar-refractivity contribution is 5.88. The molecule has 4 aliphatic carbocycles. The average Bonchev–Trinajstić information content (AvgIpc) is 3.42. The van der Waals surface area contributed by atoms with E-state index in [1.165, 1.54) is 19.3 Å². The predicted octanol–water partition coefficient (Wildman–Crippen LogP) is 6.15. The van der Waals surface area contributed by atoms with Crippen LogP contribution in [0.5, 0.6) is 0 Å². The van der Waals surface area contributed by atoms with Crippen LogP contribution >= 0.6 is 0 Å². The molecule has 5 rings (SSSR count). The Hall–Kier alpha value is -3.43. The molecule has 0 heterocycles. The summed E-state index contributed by atoms with van der Waals surface area (Å²) in [6.45, 7) is 11.2. The number of fused-ring (bicyclic) bond motifs is 5. The van der Waals surface area contributed by atoms with Crippen LogP contribution in [0.2, 0.25) is 0 Å². The number of ether oxygens (including phenoxy) is 3. The van der Waals surface area contributed by atoms with Gasteiger partial charge in [-0.15, -0.1) is 0 Å². The first-order valence-corrected chi connectivity index (χ1v) is 18.3. The summed E-state index contributed by atoms with van der Waals surface area (Å²) >= 11 is 0. The van der Waals surface area contributed by atoms with E-state index in [1.807, 2.05) is 37.3 Å². The molecule has 4 saturated carbocycles. The smallest absolute Gasteiger partial charge is 0.408 e. The van der Waals surface area contributed by atoms with Gasteiger partial charge < -0.3 is 24.8 Å². The van der Waals surface area contributed by atoms with Gasteiger partial charge in [0, 0.05) is 5.92 Å². The lowest BCUT2D eigenvalue weighted by atomic mass is 9.44. The van der Waals surface area contributed by atoms with Crippen LogP contribution in [0.3, 0.4) is 0 Å². The lowest BCUT2D eigenvalue weighted by molar-refractivity contribution is -0.186. The molecule has 0 aromatic heterocycles. The standard InChI is InChI=1S/C39H56N2O8/c1-24(2)34(41-36(46)48-22-26-10-8-7-9-11-26)35(45)40-21-32(43)47-23-33(44)49-37(4)18-19-38(5)27(20-37)12-13-28-30-15-14-29(25(3)42)39(30,6)17-16-31(28)38/h7-11,24,27-31,34H,12-23H2,1-6H3,(H,40,45)(H,41,46)/t27-,28-,29+,30-,31-,34-,37+,38-,39+/m0/s1. The van der Waals surface area contributed by atoms with Gasteiger partial charge in [-0.05, 0) is 118 Å². The van der Waals surface area contributed by atoms with E-state index < -0.39 is 48.7 Å². The minimum absolute atomic E-state index is 0.0605. The van der Waals surface area contributed by atoms with Crippen molar-refractivity contribution in [1.29, 1.82) is 0 Å². The topological polar surface area (TPSA) is 137 Å². The van der Waals surface area contributed by atoms with Crippen molar-refractivity contribution < 1.29 is 38.2 Å². The molecule has 10 nitrogen and oxygen atoms in total. The monoisotopic (exact) mass is 680 g/mol. The van der Waals surface area contributed by atoms with Crippen molar-refractivity contribution in [3.63, 3.8) is 0 Å². The molecule has 1 aromatic carbocycles. The van der Waals surface area contributed by atoms with E-state index in [4.69, 9.17) is 14.2 Å². The van der Waals surface area contributed by atoms with Gasteiger partial charge in [0.25, 0.3) is 0 Å². The molecule has 0 bridgehead atoms. The molecule has 0 aliphatic heterocycles. The number of amides is 2. The van der Waals surface area contributed by atoms with Crippen molar-refractivity contribution in [2.75, 3.05) is 13.2 Å². The molecule has 9 atom stereocenters. The molecule has 49 heavy (non-hydrogen) atoms. The number of carbonyl (C=O) groups excluding carboxylic acids is 5. The summed E-state index contributed by atoms with van der Waals surface area (Å²) in [5.41, 5.74) is 0.514. The van der Waals surface area contributed by atoms with Gasteiger partial charge in [-0.1, -0.05) is 58.0 Å². The molecule has 2 amide bonds. The molecule has 0 radical (unpaired) electrons. The van der Waals surface area contributed by atoms with Crippen LogP contribution < -0.4 is 10.6 Å². The second kappa shape index (κ2) is 14.8. The van der Waals surface area contributed by atoms with E-state index in [0.29, 0.717) is 29.5 Å². The molecule has 4 aliphatic rings. The number of carbonyl (C=O) groups is 5. The van der Waals surface area contributed by atoms with Gasteiger partial charge in [0.15, 0.2) is 6.61 Å². The van der Waals surface area contributed by atoms with Gasteiger partial charge in [0.2, 0.25) is 5.91 Å². The summed E-state index contributed by atoms with van der Waals surface area (Å²) in [7, 11) is 0. The van der Waals surface area contributed by atoms with E-state index in [9.17, 15) is 24.0 Å². The van der Waals surface area contributed by atoms with E-state index in [-0.39, 0.29) is 29.3 Å². The Morgan fingerprint density at radius 2 is 1.55 bits per heavy atom. The van der Waals surface area contributed by atoms with Crippen molar-refractivity contribution in [1.82, 2.24) is 10.6 Å². The lowest BCUT2D eigenvalue weighted by Gasteiger charge is -2.62. The van der Waals surface area contributed by atoms with Gasteiger partial charge in [-0.2, -0.15) is 0 Å². The fraction of sp³-hybridized carbons (Fsp3) is 0.718. The van der Waals surface area contributed by atoms with E-state index in [2.05, 4.69) is 24.5 Å². The number of ketones is 1. The van der Waals surface area contributed by atoms with Crippen LogP contribution in [-0.2, 0) is 40.0 Å². The van der Waals surface area contributed by atoms with E-state index in [0.717, 1.165) is 44.1 Å². The Morgan fingerprint density at radius 3 is 2.24 bits per heavy atom. The largest absolute Gasteiger partial charge is 0.457 e. The minimum atomic E-state index is -0.929. The fourth-order valence-electron chi connectivity index (χ4n) is 10.4. The summed E-state index contributed by atoms with van der Waals surface area (Å²) in [6, 6.07) is 8.25. The number of esters is 2. The molecule has 0 unspecified atom stereocenters. The third kappa shape index (κ3) is 7.99. The molecule has 270 valence electrons. The Kier molecular flexibility index (Phi) is 11.1. The molecule has 4 fully saturated rings. The molecular formula is C39H56N2O8. The van der Waals surface area contributed by atoms with Gasteiger partial charge in [0.05, 0.1) is 0 Å². The number of hydrogen-bond acceptors (Lipinski definition) is 8. The SMILES string of the molecule is CC(=O)[C@H]1CC[C@H]2[C@@H]3CC[C@H]4C[C@](C)(OC(=O)COC(=O)CNC(=O)[C@@H](NC(=O)OCc5ccccc5)C(C)C)CC[C@]4(C)[C@H]3CC[C@]12C. The summed E-state index contributed by atoms with van der Waals surface area (Å²) in [4.78, 5) is 62.9. The summed E-state index contributed by atoms with van der Waals surface area (Å²) < 4.78 is 16.4. The Bertz CT molecular complexity index is 1400.